The van der Waals surface area contributed by atoms with E-state index < -0.39 is 11.5 Å². The van der Waals surface area contributed by atoms with Crippen molar-refractivity contribution in [3.05, 3.63) is 98.4 Å². The summed E-state index contributed by atoms with van der Waals surface area (Å²) in [5, 5.41) is 1.39. The number of hydrogen-bond donors (Lipinski definition) is 1. The van der Waals surface area contributed by atoms with E-state index in [4.69, 9.17) is 57.4 Å². The molecule has 4 aromatic carbocycles. The van der Waals surface area contributed by atoms with Crippen molar-refractivity contribution in [2.75, 3.05) is 41.3 Å². The van der Waals surface area contributed by atoms with Crippen molar-refractivity contribution in [3.63, 3.8) is 0 Å². The molecular formula is C34H30Cl2N2O8. The van der Waals surface area contributed by atoms with E-state index in [1.54, 1.807) is 66.7 Å². The topological polar surface area (TPSA) is 120 Å². The number of anilines is 1. The van der Waals surface area contributed by atoms with Crippen molar-refractivity contribution in [3.8, 4) is 45.6 Å². The van der Waals surface area contributed by atoms with E-state index in [2.05, 4.69) is 0 Å². The van der Waals surface area contributed by atoms with Crippen LogP contribution in [0.25, 0.3) is 27.6 Å². The van der Waals surface area contributed by atoms with Gasteiger partial charge in [-0.1, -0.05) is 29.3 Å². The van der Waals surface area contributed by atoms with Crippen molar-refractivity contribution in [1.82, 2.24) is 4.57 Å². The molecule has 1 heterocycles. The highest BCUT2D eigenvalue weighted by Crippen LogP contribution is 2.45. The minimum atomic E-state index is -0.765. The number of carbonyl (C=O) groups is 1. The smallest absolute Gasteiger partial charge is 0.355 e. The van der Waals surface area contributed by atoms with Crippen molar-refractivity contribution in [2.24, 2.45) is 0 Å². The van der Waals surface area contributed by atoms with Crippen LogP contribution in [0.4, 0.5) is 5.69 Å². The standard InChI is InChI=1S/C34H30Cl2N2O8/c1-41-26-15-22-23(16-27(26)46-17-18-6-11-24(35)25(36)12-18)33(39)38(21-9-7-20(37)8-10-21)31(34(40)45-5)30(22)19-13-28(42-2)32(44-4)29(14-19)43-3/h6-16H,17,37H2,1-5H3. The summed E-state index contributed by atoms with van der Waals surface area (Å²) in [6.07, 6.45) is 0. The van der Waals surface area contributed by atoms with E-state index in [0.717, 1.165) is 5.56 Å². The van der Waals surface area contributed by atoms with Crippen LogP contribution < -0.4 is 35.0 Å². The molecule has 5 aromatic rings. The van der Waals surface area contributed by atoms with E-state index in [0.29, 0.717) is 60.9 Å². The number of hydrogen-bond acceptors (Lipinski definition) is 9. The lowest BCUT2D eigenvalue weighted by Crippen LogP contribution is -2.27. The van der Waals surface area contributed by atoms with Crippen LogP contribution in [-0.4, -0.2) is 46.1 Å². The van der Waals surface area contributed by atoms with E-state index in [9.17, 15) is 9.59 Å². The fourth-order valence-electron chi connectivity index (χ4n) is 5.15. The molecule has 46 heavy (non-hydrogen) atoms. The second kappa shape index (κ2) is 13.5. The third kappa shape index (κ3) is 5.96. The number of nitrogens with zero attached hydrogens (tertiary/aromatic N) is 1. The maximum atomic E-state index is 14.4. The molecule has 0 aliphatic carbocycles. The number of aromatic nitrogens is 1. The van der Waals surface area contributed by atoms with Gasteiger partial charge < -0.3 is 34.2 Å². The van der Waals surface area contributed by atoms with E-state index in [1.807, 2.05) is 0 Å². The Bertz CT molecular complexity index is 1980. The molecule has 0 aliphatic heterocycles. The van der Waals surface area contributed by atoms with E-state index in [-0.39, 0.29) is 23.4 Å². The summed E-state index contributed by atoms with van der Waals surface area (Å²) in [6, 6.07) is 18.3. The highest BCUT2D eigenvalue weighted by atomic mass is 35.5. The van der Waals surface area contributed by atoms with Gasteiger partial charge in [0.1, 0.15) is 12.3 Å². The molecule has 0 unspecified atom stereocenters. The van der Waals surface area contributed by atoms with Crippen molar-refractivity contribution in [2.45, 2.75) is 6.61 Å². The molecule has 0 saturated carbocycles. The van der Waals surface area contributed by atoms with Crippen molar-refractivity contribution < 1.29 is 33.2 Å². The minimum absolute atomic E-state index is 0.0504. The number of halogens is 2. The van der Waals surface area contributed by atoms with E-state index >= 15 is 0 Å². The first-order chi connectivity index (χ1) is 22.1. The number of methoxy groups -OCH3 is 5. The van der Waals surface area contributed by atoms with Gasteiger partial charge in [0, 0.05) is 22.3 Å². The highest BCUT2D eigenvalue weighted by Gasteiger charge is 2.28. The molecule has 238 valence electrons. The third-order valence-electron chi connectivity index (χ3n) is 7.33. The molecular weight excluding hydrogens is 635 g/mol. The maximum Gasteiger partial charge on any atom is 0.355 e. The summed E-state index contributed by atoms with van der Waals surface area (Å²) in [5.41, 5.74) is 7.80. The predicted octanol–water partition coefficient (Wildman–Crippen LogP) is 6.95. The van der Waals surface area contributed by atoms with Gasteiger partial charge in [0.2, 0.25) is 5.75 Å². The molecule has 0 spiro atoms. The number of fused-ring (bicyclic) bond motifs is 1. The molecule has 5 rings (SSSR count). The van der Waals surface area contributed by atoms with Crippen LogP contribution in [0.15, 0.2) is 71.5 Å². The van der Waals surface area contributed by atoms with Gasteiger partial charge in [-0.05, 0) is 71.8 Å². The summed E-state index contributed by atoms with van der Waals surface area (Å²) in [6.45, 7) is 0.102. The molecule has 2 N–H and O–H groups in total. The predicted molar refractivity (Wildman–Crippen MR) is 178 cm³/mol. The summed E-state index contributed by atoms with van der Waals surface area (Å²) in [7, 11) is 7.17. The Morgan fingerprint density at radius 2 is 1.37 bits per heavy atom. The Hall–Kier alpha value is -5.06. The monoisotopic (exact) mass is 664 g/mol. The average molecular weight is 666 g/mol. The normalized spacial score (nSPS) is 10.8. The minimum Gasteiger partial charge on any atom is -0.493 e. The summed E-state index contributed by atoms with van der Waals surface area (Å²) >= 11 is 12.3. The Kier molecular flexibility index (Phi) is 9.50. The van der Waals surface area contributed by atoms with Gasteiger partial charge in [-0.2, -0.15) is 0 Å². The second-order valence-electron chi connectivity index (χ2n) is 9.95. The van der Waals surface area contributed by atoms with Crippen molar-refractivity contribution in [1.29, 1.82) is 0 Å². The molecule has 0 saturated heterocycles. The van der Waals surface area contributed by atoms with Crippen LogP contribution in [-0.2, 0) is 11.3 Å². The summed E-state index contributed by atoms with van der Waals surface area (Å²) in [5.74, 6) is 0.836. The molecule has 1 aromatic heterocycles. The number of nitrogens with two attached hydrogens (primary N) is 1. The lowest BCUT2D eigenvalue weighted by Gasteiger charge is -2.21. The van der Waals surface area contributed by atoms with Crippen LogP contribution in [0.3, 0.4) is 0 Å². The third-order valence-corrected chi connectivity index (χ3v) is 8.07. The van der Waals surface area contributed by atoms with E-state index in [1.165, 1.54) is 40.1 Å². The zero-order valence-electron chi connectivity index (χ0n) is 25.6. The first kappa shape index (κ1) is 32.3. The average Bonchev–Trinajstić information content (AvgIpc) is 3.07. The van der Waals surface area contributed by atoms with Crippen molar-refractivity contribution >= 4 is 45.6 Å². The number of pyridine rings is 1. The fourth-order valence-corrected chi connectivity index (χ4v) is 5.47. The number of nitrogen functional groups attached to an aromatic ring is 1. The number of ether oxygens (including phenoxy) is 6. The van der Waals surface area contributed by atoms with Gasteiger partial charge in [-0.15, -0.1) is 0 Å². The SMILES string of the molecule is COC(=O)c1c(-c2cc(OC)c(OC)c(OC)c2)c2cc(OC)c(OCc3ccc(Cl)c(Cl)c3)cc2c(=O)n1-c1ccc(N)cc1. The molecule has 0 amide bonds. The van der Waals surface area contributed by atoms with Gasteiger partial charge in [0.05, 0.1) is 51.0 Å². The largest absolute Gasteiger partial charge is 0.493 e. The van der Waals surface area contributed by atoms with Gasteiger partial charge in [0.15, 0.2) is 23.0 Å². The van der Waals surface area contributed by atoms with Crippen LogP contribution in [0.5, 0.6) is 28.7 Å². The Balaban J connectivity index is 1.88. The molecule has 0 bridgehead atoms. The Labute approximate surface area is 274 Å². The maximum absolute atomic E-state index is 14.4. The van der Waals surface area contributed by atoms with Gasteiger partial charge in [-0.3, -0.25) is 9.36 Å². The summed E-state index contributed by atoms with van der Waals surface area (Å²) in [4.78, 5) is 28.1. The number of carbonyl (C=O) groups excluding carboxylic acids is 1. The lowest BCUT2D eigenvalue weighted by atomic mass is 9.95. The first-order valence-electron chi connectivity index (χ1n) is 13.8. The summed E-state index contributed by atoms with van der Waals surface area (Å²) < 4.78 is 35.1. The Morgan fingerprint density at radius 1 is 0.739 bits per heavy atom. The number of rotatable bonds is 10. The first-order valence-corrected chi connectivity index (χ1v) is 14.5. The molecule has 0 atom stereocenters. The molecule has 10 nitrogen and oxygen atoms in total. The highest BCUT2D eigenvalue weighted by molar-refractivity contribution is 6.42. The fraction of sp³-hybridized carbons (Fsp3) is 0.176. The second-order valence-corrected chi connectivity index (χ2v) is 10.8. The van der Waals surface area contributed by atoms with Crippen LogP contribution >= 0.6 is 23.2 Å². The van der Waals surface area contributed by atoms with Gasteiger partial charge in [0.25, 0.3) is 5.56 Å². The molecule has 12 heteroatoms. The zero-order valence-corrected chi connectivity index (χ0v) is 27.1. The Morgan fingerprint density at radius 3 is 1.93 bits per heavy atom. The van der Waals surface area contributed by atoms with Crippen LogP contribution in [0.2, 0.25) is 10.0 Å². The zero-order chi connectivity index (χ0) is 33.1. The lowest BCUT2D eigenvalue weighted by molar-refractivity contribution is 0.0591. The van der Waals surface area contributed by atoms with Crippen LogP contribution in [0, 0.1) is 0 Å². The molecule has 0 aliphatic rings. The van der Waals surface area contributed by atoms with Gasteiger partial charge in [-0.25, -0.2) is 4.79 Å². The molecule has 0 fully saturated rings. The number of benzene rings is 4. The van der Waals surface area contributed by atoms with Crippen LogP contribution in [0.1, 0.15) is 16.1 Å². The molecule has 0 radical (unpaired) electrons. The number of esters is 1. The quantitative estimate of drug-likeness (QED) is 0.125. The van der Waals surface area contributed by atoms with Gasteiger partial charge >= 0.3 is 5.97 Å².